The number of thiophene rings is 1. The largest absolute Gasteiger partial charge is 0.271 e. The van der Waals surface area contributed by atoms with Crippen LogP contribution in [0.2, 0.25) is 5.02 Å². The molecular formula is C11H19ClN2S. The van der Waals surface area contributed by atoms with Crippen LogP contribution in [0.5, 0.6) is 0 Å². The standard InChI is InChI=1S/C11H19ClN2S/c1-3-4-5-6-9(14-13)11-10(12)8(2)7-15-11/h7,9,14H,3-6,13H2,1-2H3. The Kier molecular flexibility index (Phi) is 5.61. The molecule has 3 N–H and O–H groups in total. The molecule has 15 heavy (non-hydrogen) atoms. The van der Waals surface area contributed by atoms with Gasteiger partial charge in [0.25, 0.3) is 0 Å². The second-order valence-electron chi connectivity index (χ2n) is 3.81. The Bertz CT molecular complexity index is 299. The third-order valence-corrected chi connectivity index (χ3v) is 4.37. The Labute approximate surface area is 101 Å². The highest BCUT2D eigenvalue weighted by molar-refractivity contribution is 7.10. The molecular weight excluding hydrogens is 228 g/mol. The van der Waals surface area contributed by atoms with Crippen LogP contribution in [0.15, 0.2) is 5.38 Å². The summed E-state index contributed by atoms with van der Waals surface area (Å²) in [6.07, 6.45) is 4.73. The summed E-state index contributed by atoms with van der Waals surface area (Å²) >= 11 is 7.90. The topological polar surface area (TPSA) is 38.0 Å². The fourth-order valence-corrected chi connectivity index (χ4v) is 2.99. The number of nitrogens with one attached hydrogen (secondary N) is 1. The lowest BCUT2D eigenvalue weighted by atomic mass is 10.1. The quantitative estimate of drug-likeness (QED) is 0.455. The fraction of sp³-hybridized carbons (Fsp3) is 0.636. The van der Waals surface area contributed by atoms with Crippen LogP contribution in [0.25, 0.3) is 0 Å². The van der Waals surface area contributed by atoms with E-state index in [0.717, 1.165) is 17.0 Å². The number of hydrogen-bond donors (Lipinski definition) is 2. The SMILES string of the molecule is CCCCCC(NN)c1scc(C)c1Cl. The number of hydrazine groups is 1. The zero-order valence-corrected chi connectivity index (χ0v) is 10.9. The Hall–Kier alpha value is -0.0900. The molecule has 0 bridgehead atoms. The molecule has 0 aliphatic rings. The smallest absolute Gasteiger partial charge is 0.0590 e. The summed E-state index contributed by atoms with van der Waals surface area (Å²) in [7, 11) is 0. The lowest BCUT2D eigenvalue weighted by Gasteiger charge is -2.14. The minimum absolute atomic E-state index is 0.211. The molecule has 1 aromatic heterocycles. The average Bonchev–Trinajstić information content (AvgIpc) is 2.56. The number of unbranched alkanes of at least 4 members (excludes halogenated alkanes) is 2. The highest BCUT2D eigenvalue weighted by Gasteiger charge is 2.16. The van der Waals surface area contributed by atoms with E-state index in [0.29, 0.717) is 0 Å². The molecule has 2 nitrogen and oxygen atoms in total. The summed E-state index contributed by atoms with van der Waals surface area (Å²) in [5, 5.41) is 2.96. The zero-order valence-electron chi connectivity index (χ0n) is 9.35. The van der Waals surface area contributed by atoms with Crippen molar-refractivity contribution in [2.24, 2.45) is 5.84 Å². The predicted molar refractivity (Wildman–Crippen MR) is 68.3 cm³/mol. The van der Waals surface area contributed by atoms with Gasteiger partial charge in [-0.05, 0) is 24.3 Å². The molecule has 0 aliphatic carbocycles. The van der Waals surface area contributed by atoms with Gasteiger partial charge in [-0.25, -0.2) is 0 Å². The summed E-state index contributed by atoms with van der Waals surface area (Å²) in [6, 6.07) is 0.211. The van der Waals surface area contributed by atoms with E-state index in [1.165, 1.54) is 24.1 Å². The van der Waals surface area contributed by atoms with Crippen LogP contribution in [-0.4, -0.2) is 0 Å². The number of hydrogen-bond acceptors (Lipinski definition) is 3. The van der Waals surface area contributed by atoms with Crippen LogP contribution in [0.4, 0.5) is 0 Å². The first kappa shape index (κ1) is 13.0. The van der Waals surface area contributed by atoms with Gasteiger partial charge < -0.3 is 0 Å². The molecule has 0 fully saturated rings. The minimum atomic E-state index is 0.211. The van der Waals surface area contributed by atoms with E-state index < -0.39 is 0 Å². The van der Waals surface area contributed by atoms with Gasteiger partial charge in [0.1, 0.15) is 0 Å². The lowest BCUT2D eigenvalue weighted by Crippen LogP contribution is -2.27. The number of halogens is 1. The van der Waals surface area contributed by atoms with Crippen molar-refractivity contribution in [2.45, 2.75) is 45.6 Å². The van der Waals surface area contributed by atoms with Gasteiger partial charge in [0, 0.05) is 4.88 Å². The molecule has 1 aromatic rings. The zero-order chi connectivity index (χ0) is 11.3. The molecule has 0 radical (unpaired) electrons. The van der Waals surface area contributed by atoms with Gasteiger partial charge in [0.15, 0.2) is 0 Å². The molecule has 0 saturated carbocycles. The van der Waals surface area contributed by atoms with Crippen molar-refractivity contribution in [3.8, 4) is 0 Å². The predicted octanol–water partition coefficient (Wildman–Crippen LogP) is 3.79. The van der Waals surface area contributed by atoms with E-state index >= 15 is 0 Å². The van der Waals surface area contributed by atoms with E-state index in [1.54, 1.807) is 11.3 Å². The van der Waals surface area contributed by atoms with Gasteiger partial charge in [-0.3, -0.25) is 11.3 Å². The number of rotatable bonds is 6. The molecule has 1 unspecified atom stereocenters. The lowest BCUT2D eigenvalue weighted by molar-refractivity contribution is 0.493. The molecule has 0 saturated heterocycles. The first-order valence-electron chi connectivity index (χ1n) is 5.40. The van der Waals surface area contributed by atoms with Crippen molar-refractivity contribution < 1.29 is 0 Å². The fourth-order valence-electron chi connectivity index (χ4n) is 1.57. The monoisotopic (exact) mass is 246 g/mol. The number of nitrogens with two attached hydrogens (primary N) is 1. The van der Waals surface area contributed by atoms with Crippen molar-refractivity contribution in [1.29, 1.82) is 0 Å². The van der Waals surface area contributed by atoms with Gasteiger partial charge >= 0.3 is 0 Å². The van der Waals surface area contributed by atoms with Gasteiger partial charge in [-0.15, -0.1) is 11.3 Å². The van der Waals surface area contributed by atoms with Crippen molar-refractivity contribution in [1.82, 2.24) is 5.43 Å². The van der Waals surface area contributed by atoms with Gasteiger partial charge in [0.05, 0.1) is 11.1 Å². The maximum absolute atomic E-state index is 6.21. The third kappa shape index (κ3) is 3.45. The van der Waals surface area contributed by atoms with Gasteiger partial charge in [-0.1, -0.05) is 37.8 Å². The molecule has 0 amide bonds. The molecule has 0 aromatic carbocycles. The molecule has 1 atom stereocenters. The summed E-state index contributed by atoms with van der Waals surface area (Å²) in [5.74, 6) is 5.56. The second kappa shape index (κ2) is 6.48. The molecule has 86 valence electrons. The first-order valence-corrected chi connectivity index (χ1v) is 6.66. The van der Waals surface area contributed by atoms with Crippen LogP contribution < -0.4 is 11.3 Å². The van der Waals surface area contributed by atoms with Crippen molar-refractivity contribution in [2.75, 3.05) is 0 Å². The van der Waals surface area contributed by atoms with E-state index in [4.69, 9.17) is 17.4 Å². The van der Waals surface area contributed by atoms with Crippen LogP contribution in [0.1, 0.15) is 49.1 Å². The maximum atomic E-state index is 6.21. The number of aryl methyl sites for hydroxylation is 1. The highest BCUT2D eigenvalue weighted by atomic mass is 35.5. The van der Waals surface area contributed by atoms with Crippen LogP contribution in [0, 0.1) is 6.92 Å². The molecule has 0 spiro atoms. The van der Waals surface area contributed by atoms with Gasteiger partial charge in [0.2, 0.25) is 0 Å². The molecule has 1 heterocycles. The van der Waals surface area contributed by atoms with Gasteiger partial charge in [-0.2, -0.15) is 0 Å². The van der Waals surface area contributed by atoms with Crippen molar-refractivity contribution >= 4 is 22.9 Å². The van der Waals surface area contributed by atoms with E-state index in [-0.39, 0.29) is 6.04 Å². The van der Waals surface area contributed by atoms with Crippen LogP contribution >= 0.6 is 22.9 Å². The highest BCUT2D eigenvalue weighted by Crippen LogP contribution is 2.34. The summed E-state index contributed by atoms with van der Waals surface area (Å²) in [4.78, 5) is 1.17. The third-order valence-electron chi connectivity index (χ3n) is 2.54. The minimum Gasteiger partial charge on any atom is -0.271 e. The molecule has 0 aliphatic heterocycles. The van der Waals surface area contributed by atoms with Crippen molar-refractivity contribution in [3.63, 3.8) is 0 Å². The van der Waals surface area contributed by atoms with E-state index in [1.807, 2.05) is 6.92 Å². The Morgan fingerprint density at radius 3 is 2.73 bits per heavy atom. The molecule has 4 heteroatoms. The Morgan fingerprint density at radius 2 is 2.27 bits per heavy atom. The average molecular weight is 247 g/mol. The van der Waals surface area contributed by atoms with Crippen molar-refractivity contribution in [3.05, 3.63) is 20.8 Å². The maximum Gasteiger partial charge on any atom is 0.0590 e. The summed E-state index contributed by atoms with van der Waals surface area (Å²) in [6.45, 7) is 4.23. The first-order chi connectivity index (χ1) is 7.20. The molecule has 1 rings (SSSR count). The summed E-state index contributed by atoms with van der Waals surface area (Å²) in [5.41, 5.74) is 4.00. The van der Waals surface area contributed by atoms with Crippen LogP contribution in [0.3, 0.4) is 0 Å². The summed E-state index contributed by atoms with van der Waals surface area (Å²) < 4.78 is 0. The van der Waals surface area contributed by atoms with E-state index in [2.05, 4.69) is 17.7 Å². The Balaban J connectivity index is 2.61. The normalized spacial score (nSPS) is 13.1. The van der Waals surface area contributed by atoms with E-state index in [9.17, 15) is 0 Å². The Morgan fingerprint density at radius 1 is 1.53 bits per heavy atom. The van der Waals surface area contributed by atoms with Crippen LogP contribution in [-0.2, 0) is 0 Å². The second-order valence-corrected chi connectivity index (χ2v) is 5.10.